The van der Waals surface area contributed by atoms with E-state index in [9.17, 15) is 0 Å². The van der Waals surface area contributed by atoms with Gasteiger partial charge in [0, 0.05) is 11.2 Å². The smallest absolute Gasteiger partial charge is 0.0379 e. The van der Waals surface area contributed by atoms with Crippen LogP contribution in [0.25, 0.3) is 0 Å². The van der Waals surface area contributed by atoms with Crippen molar-refractivity contribution in [3.05, 3.63) is 29.3 Å². The van der Waals surface area contributed by atoms with Crippen molar-refractivity contribution in [3.8, 4) is 0 Å². The Labute approximate surface area is 99.3 Å². The second-order valence-corrected chi connectivity index (χ2v) is 6.12. The van der Waals surface area contributed by atoms with Gasteiger partial charge in [0.25, 0.3) is 0 Å². The number of hydrogen-bond acceptors (Lipinski definition) is 1. The molecule has 0 fully saturated rings. The quantitative estimate of drug-likeness (QED) is 0.730. The van der Waals surface area contributed by atoms with E-state index in [2.05, 4.69) is 58.1 Å². The Bertz CT molecular complexity index is 390. The maximum absolute atomic E-state index is 3.63. The summed E-state index contributed by atoms with van der Waals surface area (Å²) in [5.41, 5.74) is 4.50. The zero-order chi connectivity index (χ0) is 11.9. The van der Waals surface area contributed by atoms with E-state index in [0.29, 0.717) is 11.8 Å². The zero-order valence-corrected chi connectivity index (χ0v) is 11.1. The van der Waals surface area contributed by atoms with Crippen LogP contribution in [0.3, 0.4) is 0 Å². The van der Waals surface area contributed by atoms with Gasteiger partial charge in [0.05, 0.1) is 0 Å². The molecule has 1 aromatic rings. The molecule has 1 aliphatic rings. The van der Waals surface area contributed by atoms with Gasteiger partial charge < -0.3 is 5.32 Å². The first-order valence-electron chi connectivity index (χ1n) is 6.31. The minimum Gasteiger partial charge on any atom is -0.380 e. The highest BCUT2D eigenvalue weighted by atomic mass is 15.0. The Morgan fingerprint density at radius 1 is 1.31 bits per heavy atom. The van der Waals surface area contributed by atoms with Gasteiger partial charge in [0.1, 0.15) is 0 Å². The summed E-state index contributed by atoms with van der Waals surface area (Å²) in [7, 11) is 0. The van der Waals surface area contributed by atoms with E-state index in [0.717, 1.165) is 0 Å². The van der Waals surface area contributed by atoms with E-state index < -0.39 is 0 Å². The molecule has 1 aromatic carbocycles. The first-order valence-corrected chi connectivity index (χ1v) is 6.31. The monoisotopic (exact) mass is 217 g/mol. The lowest BCUT2D eigenvalue weighted by atomic mass is 9.81. The van der Waals surface area contributed by atoms with E-state index in [-0.39, 0.29) is 5.54 Å². The lowest BCUT2D eigenvalue weighted by molar-refractivity contribution is 0.454. The number of anilines is 1. The van der Waals surface area contributed by atoms with E-state index in [1.807, 2.05) is 0 Å². The largest absolute Gasteiger partial charge is 0.380 e. The highest BCUT2D eigenvalue weighted by Gasteiger charge is 2.29. The van der Waals surface area contributed by atoms with Crippen LogP contribution in [0.1, 0.15) is 64.0 Å². The number of rotatable bonds is 1. The van der Waals surface area contributed by atoms with Crippen LogP contribution in [0.2, 0.25) is 0 Å². The molecule has 1 aliphatic heterocycles. The average molecular weight is 217 g/mol. The predicted octanol–water partition coefficient (Wildman–Crippen LogP) is 4.51. The van der Waals surface area contributed by atoms with Crippen molar-refractivity contribution in [2.75, 3.05) is 5.32 Å². The molecule has 16 heavy (non-hydrogen) atoms. The van der Waals surface area contributed by atoms with Gasteiger partial charge in [0.15, 0.2) is 0 Å². The van der Waals surface area contributed by atoms with Crippen molar-refractivity contribution in [2.24, 2.45) is 0 Å². The number of fused-ring (bicyclic) bond motifs is 1. The molecule has 1 N–H and O–H groups in total. The van der Waals surface area contributed by atoms with Crippen LogP contribution in [0.4, 0.5) is 5.69 Å². The van der Waals surface area contributed by atoms with E-state index in [1.54, 1.807) is 0 Å². The molecular weight excluding hydrogens is 194 g/mol. The van der Waals surface area contributed by atoms with Gasteiger partial charge in [-0.2, -0.15) is 0 Å². The van der Waals surface area contributed by atoms with Gasteiger partial charge in [-0.3, -0.25) is 0 Å². The van der Waals surface area contributed by atoms with Crippen molar-refractivity contribution < 1.29 is 0 Å². The van der Waals surface area contributed by atoms with Crippen molar-refractivity contribution in [2.45, 2.75) is 58.4 Å². The molecular formula is C15H23N. The molecule has 0 radical (unpaired) electrons. The lowest BCUT2D eigenvalue weighted by Gasteiger charge is -2.38. The van der Waals surface area contributed by atoms with Gasteiger partial charge in [-0.05, 0) is 49.3 Å². The molecule has 0 spiro atoms. The number of hydrogen-bond donors (Lipinski definition) is 1. The fraction of sp³-hybridized carbons (Fsp3) is 0.600. The molecule has 0 aromatic heterocycles. The summed E-state index contributed by atoms with van der Waals surface area (Å²) in [6.45, 7) is 11.4. The van der Waals surface area contributed by atoms with Gasteiger partial charge in [-0.25, -0.2) is 0 Å². The second kappa shape index (κ2) is 3.80. The molecule has 1 nitrogen and oxygen atoms in total. The summed E-state index contributed by atoms with van der Waals surface area (Å²) in [5, 5.41) is 3.63. The summed E-state index contributed by atoms with van der Waals surface area (Å²) in [6, 6.07) is 6.89. The average Bonchev–Trinajstić information content (AvgIpc) is 2.15. The molecule has 88 valence electrons. The van der Waals surface area contributed by atoms with Gasteiger partial charge in [-0.15, -0.1) is 0 Å². The zero-order valence-electron chi connectivity index (χ0n) is 11.1. The fourth-order valence-corrected chi connectivity index (χ4v) is 2.75. The first kappa shape index (κ1) is 11.5. The summed E-state index contributed by atoms with van der Waals surface area (Å²) in [6.07, 6.45) is 1.21. The van der Waals surface area contributed by atoms with E-state index in [4.69, 9.17) is 0 Å². The topological polar surface area (TPSA) is 12.0 Å². The standard InChI is InChI=1S/C15H23N/c1-10(2)12-6-7-14-13(8-12)11(3)9-15(4,5)16-14/h6-8,10-11,16H,9H2,1-5H3. The Balaban J connectivity index is 2.41. The van der Waals surface area contributed by atoms with Crippen LogP contribution in [-0.4, -0.2) is 5.54 Å². The van der Waals surface area contributed by atoms with Crippen molar-refractivity contribution in [1.29, 1.82) is 0 Å². The van der Waals surface area contributed by atoms with Crippen LogP contribution in [0, 0.1) is 0 Å². The minimum atomic E-state index is 0.228. The van der Waals surface area contributed by atoms with Gasteiger partial charge in [-0.1, -0.05) is 32.9 Å². The normalized spacial score (nSPS) is 22.8. The van der Waals surface area contributed by atoms with Crippen molar-refractivity contribution in [1.82, 2.24) is 0 Å². The van der Waals surface area contributed by atoms with Gasteiger partial charge >= 0.3 is 0 Å². The first-order chi connectivity index (χ1) is 7.39. The van der Waals surface area contributed by atoms with Crippen LogP contribution in [-0.2, 0) is 0 Å². The third-order valence-electron chi connectivity index (χ3n) is 3.56. The van der Waals surface area contributed by atoms with E-state index >= 15 is 0 Å². The van der Waals surface area contributed by atoms with Crippen LogP contribution < -0.4 is 5.32 Å². The van der Waals surface area contributed by atoms with Crippen molar-refractivity contribution >= 4 is 5.69 Å². The highest BCUT2D eigenvalue weighted by molar-refractivity contribution is 5.58. The summed E-state index contributed by atoms with van der Waals surface area (Å²) >= 11 is 0. The predicted molar refractivity (Wildman–Crippen MR) is 71.3 cm³/mol. The lowest BCUT2D eigenvalue weighted by Crippen LogP contribution is -2.36. The molecule has 2 rings (SSSR count). The summed E-state index contributed by atoms with van der Waals surface area (Å²) < 4.78 is 0. The minimum absolute atomic E-state index is 0.228. The molecule has 1 heterocycles. The molecule has 0 saturated carbocycles. The molecule has 1 heteroatoms. The highest BCUT2D eigenvalue weighted by Crippen LogP contribution is 2.39. The number of nitrogens with one attached hydrogen (secondary N) is 1. The maximum Gasteiger partial charge on any atom is 0.0379 e. The molecule has 0 amide bonds. The number of benzene rings is 1. The Morgan fingerprint density at radius 2 is 2.00 bits per heavy atom. The molecule has 0 saturated heterocycles. The van der Waals surface area contributed by atoms with Crippen LogP contribution >= 0.6 is 0 Å². The Hall–Kier alpha value is -0.980. The maximum atomic E-state index is 3.63. The van der Waals surface area contributed by atoms with Crippen LogP contribution in [0.15, 0.2) is 18.2 Å². The SMILES string of the molecule is CC(C)c1ccc2c(c1)C(C)CC(C)(C)N2. The fourth-order valence-electron chi connectivity index (χ4n) is 2.75. The summed E-state index contributed by atoms with van der Waals surface area (Å²) in [5.74, 6) is 1.28. The second-order valence-electron chi connectivity index (χ2n) is 6.12. The molecule has 0 bridgehead atoms. The van der Waals surface area contributed by atoms with E-state index in [1.165, 1.54) is 23.2 Å². The molecule has 1 atom stereocenters. The Morgan fingerprint density at radius 3 is 2.62 bits per heavy atom. The Kier molecular flexibility index (Phi) is 2.73. The third kappa shape index (κ3) is 2.09. The van der Waals surface area contributed by atoms with Crippen LogP contribution in [0.5, 0.6) is 0 Å². The van der Waals surface area contributed by atoms with Crippen molar-refractivity contribution in [3.63, 3.8) is 0 Å². The van der Waals surface area contributed by atoms with Gasteiger partial charge in [0.2, 0.25) is 0 Å². The summed E-state index contributed by atoms with van der Waals surface area (Å²) in [4.78, 5) is 0. The third-order valence-corrected chi connectivity index (χ3v) is 3.56. The molecule has 1 unspecified atom stereocenters. The molecule has 0 aliphatic carbocycles.